The molecule has 1 N–H and O–H groups in total. The summed E-state index contributed by atoms with van der Waals surface area (Å²) < 4.78 is 16.3. The zero-order chi connectivity index (χ0) is 16.7. The summed E-state index contributed by atoms with van der Waals surface area (Å²) in [5.41, 5.74) is 1.79. The zero-order valence-electron chi connectivity index (χ0n) is 14.1. The van der Waals surface area contributed by atoms with E-state index in [1.807, 2.05) is 32.2 Å². The average Bonchev–Trinajstić information content (AvgIpc) is 2.54. The predicted molar refractivity (Wildman–Crippen MR) is 89.0 cm³/mol. The Balaban J connectivity index is 1.77. The van der Waals surface area contributed by atoms with Gasteiger partial charge < -0.3 is 24.4 Å². The molecule has 1 atom stereocenters. The van der Waals surface area contributed by atoms with E-state index in [0.717, 1.165) is 12.1 Å². The van der Waals surface area contributed by atoms with E-state index in [1.165, 1.54) is 0 Å². The number of ether oxygens (including phenoxy) is 3. The van der Waals surface area contributed by atoms with Gasteiger partial charge in [-0.05, 0) is 31.7 Å². The van der Waals surface area contributed by atoms with Gasteiger partial charge in [-0.25, -0.2) is 0 Å². The quantitative estimate of drug-likeness (QED) is 0.828. The van der Waals surface area contributed by atoms with Crippen molar-refractivity contribution in [2.75, 3.05) is 52.4 Å². The molecule has 0 spiro atoms. The number of anilines is 1. The van der Waals surface area contributed by atoms with Crippen LogP contribution >= 0.6 is 0 Å². The van der Waals surface area contributed by atoms with Crippen molar-refractivity contribution in [3.05, 3.63) is 23.8 Å². The lowest BCUT2D eigenvalue weighted by Gasteiger charge is -2.27. The van der Waals surface area contributed by atoms with Gasteiger partial charge in [-0.3, -0.25) is 4.79 Å². The SMILES string of the molecule is COc1ccc(C)cc1NC(=O)CCN(C)CC1COCCO1. The van der Waals surface area contributed by atoms with Crippen molar-refractivity contribution in [1.29, 1.82) is 0 Å². The molecule has 1 aliphatic heterocycles. The number of benzene rings is 1. The number of carbonyl (C=O) groups is 1. The van der Waals surface area contributed by atoms with Crippen LogP contribution < -0.4 is 10.1 Å². The first kappa shape index (κ1) is 17.7. The molecule has 1 heterocycles. The van der Waals surface area contributed by atoms with Crippen molar-refractivity contribution in [3.63, 3.8) is 0 Å². The van der Waals surface area contributed by atoms with Crippen LogP contribution in [0.15, 0.2) is 18.2 Å². The van der Waals surface area contributed by atoms with E-state index < -0.39 is 0 Å². The predicted octanol–water partition coefficient (Wildman–Crippen LogP) is 1.68. The number of amides is 1. The molecule has 1 aromatic rings. The summed E-state index contributed by atoms with van der Waals surface area (Å²) >= 11 is 0. The smallest absolute Gasteiger partial charge is 0.225 e. The van der Waals surface area contributed by atoms with Crippen LogP contribution in [0.2, 0.25) is 0 Å². The van der Waals surface area contributed by atoms with Crippen molar-refractivity contribution in [1.82, 2.24) is 4.90 Å². The summed E-state index contributed by atoms with van der Waals surface area (Å²) in [5.74, 6) is 0.645. The maximum absolute atomic E-state index is 12.1. The van der Waals surface area contributed by atoms with Crippen molar-refractivity contribution in [3.8, 4) is 5.75 Å². The fraction of sp³-hybridized carbons (Fsp3) is 0.588. The lowest BCUT2D eigenvalue weighted by atomic mass is 10.2. The molecular weight excluding hydrogens is 296 g/mol. The number of nitrogens with one attached hydrogen (secondary N) is 1. The molecule has 1 saturated heterocycles. The van der Waals surface area contributed by atoms with Gasteiger partial charge in [-0.2, -0.15) is 0 Å². The first-order valence-corrected chi connectivity index (χ1v) is 7.91. The highest BCUT2D eigenvalue weighted by Gasteiger charge is 2.17. The highest BCUT2D eigenvalue weighted by Crippen LogP contribution is 2.25. The second kappa shape index (κ2) is 8.86. The van der Waals surface area contributed by atoms with Crippen LogP contribution in [0.4, 0.5) is 5.69 Å². The van der Waals surface area contributed by atoms with Gasteiger partial charge in [0.25, 0.3) is 0 Å². The summed E-state index contributed by atoms with van der Waals surface area (Å²) in [6.07, 6.45) is 0.509. The molecule has 0 saturated carbocycles. The number of nitrogens with zero attached hydrogens (tertiary/aromatic N) is 1. The highest BCUT2D eigenvalue weighted by molar-refractivity contribution is 5.92. The normalized spacial score (nSPS) is 18.0. The molecule has 1 fully saturated rings. The van der Waals surface area contributed by atoms with Crippen molar-refractivity contribution in [2.24, 2.45) is 0 Å². The minimum Gasteiger partial charge on any atom is -0.495 e. The average molecular weight is 322 g/mol. The number of methoxy groups -OCH3 is 1. The van der Waals surface area contributed by atoms with E-state index in [4.69, 9.17) is 14.2 Å². The van der Waals surface area contributed by atoms with Gasteiger partial charge in [0.1, 0.15) is 5.75 Å². The van der Waals surface area contributed by atoms with E-state index in [9.17, 15) is 4.79 Å². The third kappa shape index (κ3) is 5.82. The molecular formula is C17H26N2O4. The molecule has 0 bridgehead atoms. The summed E-state index contributed by atoms with van der Waals surface area (Å²) in [6.45, 7) is 5.35. The third-order valence-corrected chi connectivity index (χ3v) is 3.75. The van der Waals surface area contributed by atoms with Gasteiger partial charge in [0.15, 0.2) is 0 Å². The minimum atomic E-state index is -0.0263. The molecule has 6 heteroatoms. The summed E-state index contributed by atoms with van der Waals surface area (Å²) in [7, 11) is 3.58. The third-order valence-electron chi connectivity index (χ3n) is 3.75. The molecule has 1 amide bonds. The molecule has 6 nitrogen and oxygen atoms in total. The van der Waals surface area contributed by atoms with E-state index in [1.54, 1.807) is 7.11 Å². The Morgan fingerprint density at radius 3 is 2.96 bits per heavy atom. The van der Waals surface area contributed by atoms with E-state index >= 15 is 0 Å². The van der Waals surface area contributed by atoms with Crippen LogP contribution in [0.3, 0.4) is 0 Å². The van der Waals surface area contributed by atoms with Gasteiger partial charge in [0.05, 0.1) is 38.7 Å². The Bertz CT molecular complexity index is 515. The van der Waals surface area contributed by atoms with Crippen LogP contribution in [0.25, 0.3) is 0 Å². The molecule has 1 unspecified atom stereocenters. The molecule has 1 aliphatic rings. The minimum absolute atomic E-state index is 0.0263. The lowest BCUT2D eigenvalue weighted by molar-refractivity contribution is -0.117. The van der Waals surface area contributed by atoms with E-state index in [-0.39, 0.29) is 12.0 Å². The first-order valence-electron chi connectivity index (χ1n) is 7.91. The van der Waals surface area contributed by atoms with Crippen molar-refractivity contribution in [2.45, 2.75) is 19.4 Å². The Morgan fingerprint density at radius 1 is 1.43 bits per heavy atom. The van der Waals surface area contributed by atoms with E-state index in [0.29, 0.717) is 44.2 Å². The maximum atomic E-state index is 12.1. The van der Waals surface area contributed by atoms with Crippen LogP contribution in [0.5, 0.6) is 5.75 Å². The van der Waals surface area contributed by atoms with Gasteiger partial charge in [-0.1, -0.05) is 6.07 Å². The second-order valence-electron chi connectivity index (χ2n) is 5.83. The highest BCUT2D eigenvalue weighted by atomic mass is 16.6. The summed E-state index contributed by atoms with van der Waals surface area (Å²) in [5, 5.41) is 2.91. The zero-order valence-corrected chi connectivity index (χ0v) is 14.1. The summed E-state index contributed by atoms with van der Waals surface area (Å²) in [4.78, 5) is 14.2. The van der Waals surface area contributed by atoms with Crippen LogP contribution in [-0.4, -0.2) is 64.0 Å². The van der Waals surface area contributed by atoms with Crippen LogP contribution in [0.1, 0.15) is 12.0 Å². The fourth-order valence-corrected chi connectivity index (χ4v) is 2.51. The van der Waals surface area contributed by atoms with E-state index in [2.05, 4.69) is 10.2 Å². The van der Waals surface area contributed by atoms with Gasteiger partial charge >= 0.3 is 0 Å². The molecule has 0 aliphatic carbocycles. The largest absolute Gasteiger partial charge is 0.495 e. The van der Waals surface area contributed by atoms with Crippen molar-refractivity contribution < 1.29 is 19.0 Å². The van der Waals surface area contributed by atoms with Gasteiger partial charge in [-0.15, -0.1) is 0 Å². The molecule has 1 aromatic carbocycles. The molecule has 23 heavy (non-hydrogen) atoms. The summed E-state index contributed by atoms with van der Waals surface area (Å²) in [6, 6.07) is 5.72. The molecule has 128 valence electrons. The number of likely N-dealkylation sites (N-methyl/N-ethyl adjacent to an activating group) is 1. The number of hydrogen-bond acceptors (Lipinski definition) is 5. The van der Waals surface area contributed by atoms with Gasteiger partial charge in [0.2, 0.25) is 5.91 Å². The standard InChI is InChI=1S/C17H26N2O4/c1-13-4-5-16(21-3)15(10-13)18-17(20)6-7-19(2)11-14-12-22-8-9-23-14/h4-5,10,14H,6-9,11-12H2,1-3H3,(H,18,20). The molecule has 2 rings (SSSR count). The first-order chi connectivity index (χ1) is 11.1. The Kier molecular flexibility index (Phi) is 6.83. The number of aryl methyl sites for hydroxylation is 1. The lowest BCUT2D eigenvalue weighted by Crippen LogP contribution is -2.39. The number of carbonyl (C=O) groups excluding carboxylic acids is 1. The Labute approximate surface area is 137 Å². The van der Waals surface area contributed by atoms with Crippen LogP contribution in [0, 0.1) is 6.92 Å². The second-order valence-corrected chi connectivity index (χ2v) is 5.83. The fourth-order valence-electron chi connectivity index (χ4n) is 2.51. The number of hydrogen-bond donors (Lipinski definition) is 1. The topological polar surface area (TPSA) is 60.0 Å². The Morgan fingerprint density at radius 2 is 2.26 bits per heavy atom. The van der Waals surface area contributed by atoms with Gasteiger partial charge in [0, 0.05) is 19.5 Å². The Hall–Kier alpha value is -1.63. The monoisotopic (exact) mass is 322 g/mol. The number of rotatable bonds is 7. The van der Waals surface area contributed by atoms with Crippen LogP contribution in [-0.2, 0) is 14.3 Å². The molecule has 0 aromatic heterocycles. The molecule has 0 radical (unpaired) electrons. The van der Waals surface area contributed by atoms with Crippen molar-refractivity contribution >= 4 is 11.6 Å². The maximum Gasteiger partial charge on any atom is 0.225 e.